The molecule has 5 nitrogen and oxygen atoms in total. The summed E-state index contributed by atoms with van der Waals surface area (Å²) in [5.74, 6) is 0.738. The van der Waals surface area contributed by atoms with Gasteiger partial charge in [0.15, 0.2) is 11.5 Å². The summed E-state index contributed by atoms with van der Waals surface area (Å²) in [6.45, 7) is 0.492. The topological polar surface area (TPSA) is 76.4 Å². The van der Waals surface area contributed by atoms with Gasteiger partial charge in [0.2, 0.25) is 0 Å². The van der Waals surface area contributed by atoms with Crippen LogP contribution in [0.25, 0.3) is 17.0 Å². The Bertz CT molecular complexity index is 1100. The van der Waals surface area contributed by atoms with Crippen molar-refractivity contribution < 1.29 is 5.11 Å². The average Bonchev–Trinajstić information content (AvgIpc) is 3.05. The number of benzene rings is 2. The molecule has 7 heteroatoms. The maximum Gasteiger partial charge on any atom is 0.169 e. The van der Waals surface area contributed by atoms with Crippen LogP contribution >= 0.6 is 23.4 Å². The van der Waals surface area contributed by atoms with Gasteiger partial charge in [0.1, 0.15) is 5.75 Å². The highest BCUT2D eigenvalue weighted by molar-refractivity contribution is 7.99. The predicted molar refractivity (Wildman–Crippen MR) is 104 cm³/mol. The van der Waals surface area contributed by atoms with E-state index in [0.717, 1.165) is 21.0 Å². The van der Waals surface area contributed by atoms with Crippen molar-refractivity contribution in [3.63, 3.8) is 0 Å². The van der Waals surface area contributed by atoms with Gasteiger partial charge >= 0.3 is 0 Å². The van der Waals surface area contributed by atoms with Crippen molar-refractivity contribution in [3.8, 4) is 17.1 Å². The van der Waals surface area contributed by atoms with Crippen molar-refractivity contribution in [1.29, 1.82) is 0 Å². The van der Waals surface area contributed by atoms with E-state index >= 15 is 0 Å². The smallest absolute Gasteiger partial charge is 0.169 e. The van der Waals surface area contributed by atoms with Crippen LogP contribution in [0.15, 0.2) is 70.6 Å². The van der Waals surface area contributed by atoms with Crippen molar-refractivity contribution in [2.45, 2.75) is 16.3 Å². The molecule has 2 aromatic heterocycles. The molecule has 0 unspecified atom stereocenters. The van der Waals surface area contributed by atoms with Gasteiger partial charge in [-0.05, 0) is 42.0 Å². The number of halogens is 1. The SMILES string of the molecule is NCc1ccccc1Sc1ccc2nnc(-c3ccc(O)cc3Cl)n2c1. The molecule has 0 fully saturated rings. The van der Waals surface area contributed by atoms with E-state index in [1.807, 2.05) is 40.9 Å². The molecule has 0 bridgehead atoms. The zero-order valence-electron chi connectivity index (χ0n) is 13.6. The number of nitrogens with zero attached hydrogens (tertiary/aromatic N) is 3. The first-order chi connectivity index (χ1) is 12.7. The molecule has 3 N–H and O–H groups in total. The third-order valence-electron chi connectivity index (χ3n) is 3.99. The highest BCUT2D eigenvalue weighted by Gasteiger charge is 2.13. The Hall–Kier alpha value is -2.54. The number of aromatic hydroxyl groups is 1. The number of phenolic OH excluding ortho intramolecular Hbond substituents is 1. The van der Waals surface area contributed by atoms with E-state index in [9.17, 15) is 5.11 Å². The number of hydrogen-bond acceptors (Lipinski definition) is 5. The van der Waals surface area contributed by atoms with Gasteiger partial charge in [-0.25, -0.2) is 0 Å². The molecule has 26 heavy (non-hydrogen) atoms. The van der Waals surface area contributed by atoms with Crippen molar-refractivity contribution in [2.75, 3.05) is 0 Å². The lowest BCUT2D eigenvalue weighted by molar-refractivity contribution is 0.475. The van der Waals surface area contributed by atoms with Crippen molar-refractivity contribution >= 4 is 29.0 Å². The van der Waals surface area contributed by atoms with E-state index in [0.29, 0.717) is 23.0 Å². The lowest BCUT2D eigenvalue weighted by Gasteiger charge is -2.08. The molecule has 4 aromatic rings. The Kier molecular flexibility index (Phi) is 4.55. The van der Waals surface area contributed by atoms with E-state index in [1.165, 1.54) is 6.07 Å². The number of nitrogens with two attached hydrogens (primary N) is 1. The van der Waals surface area contributed by atoms with Gasteiger partial charge in [-0.15, -0.1) is 10.2 Å². The average molecular weight is 383 g/mol. The molecule has 0 atom stereocenters. The predicted octanol–water partition coefficient (Wildman–Crippen LogP) is 4.37. The van der Waals surface area contributed by atoms with Crippen LogP contribution in [0.3, 0.4) is 0 Å². The third kappa shape index (κ3) is 3.14. The lowest BCUT2D eigenvalue weighted by atomic mass is 10.2. The Morgan fingerprint density at radius 1 is 1.08 bits per heavy atom. The Labute approximate surface area is 159 Å². The first-order valence-corrected chi connectivity index (χ1v) is 9.14. The molecule has 130 valence electrons. The molecular weight excluding hydrogens is 368 g/mol. The summed E-state index contributed by atoms with van der Waals surface area (Å²) in [6.07, 6.45) is 1.98. The molecule has 0 saturated carbocycles. The van der Waals surface area contributed by atoms with Crippen molar-refractivity contribution in [3.05, 3.63) is 71.4 Å². The van der Waals surface area contributed by atoms with Crippen LogP contribution in [0.2, 0.25) is 5.02 Å². The highest BCUT2D eigenvalue weighted by Crippen LogP contribution is 2.33. The maximum atomic E-state index is 9.57. The second-order valence-electron chi connectivity index (χ2n) is 5.69. The van der Waals surface area contributed by atoms with E-state index in [2.05, 4.69) is 16.3 Å². The number of pyridine rings is 1. The zero-order valence-corrected chi connectivity index (χ0v) is 15.2. The molecule has 0 aliphatic rings. The molecule has 0 aliphatic carbocycles. The second-order valence-corrected chi connectivity index (χ2v) is 7.22. The summed E-state index contributed by atoms with van der Waals surface area (Å²) in [4.78, 5) is 2.15. The number of hydrogen-bond donors (Lipinski definition) is 2. The van der Waals surface area contributed by atoms with Crippen LogP contribution in [0.5, 0.6) is 5.75 Å². The fourth-order valence-electron chi connectivity index (χ4n) is 2.70. The van der Waals surface area contributed by atoms with Crippen LogP contribution < -0.4 is 5.73 Å². The summed E-state index contributed by atoms with van der Waals surface area (Å²) < 4.78 is 1.89. The molecule has 4 rings (SSSR count). The van der Waals surface area contributed by atoms with Gasteiger partial charge in [0.05, 0.1) is 5.02 Å². The van der Waals surface area contributed by atoms with Gasteiger partial charge in [-0.3, -0.25) is 4.40 Å². The summed E-state index contributed by atoms with van der Waals surface area (Å²) >= 11 is 7.91. The summed E-state index contributed by atoms with van der Waals surface area (Å²) in [5, 5.41) is 18.4. The number of phenols is 1. The van der Waals surface area contributed by atoms with Crippen LogP contribution in [-0.2, 0) is 6.54 Å². The fourth-order valence-corrected chi connectivity index (χ4v) is 3.94. The molecule has 2 heterocycles. The molecular formula is C19H15ClN4OS. The van der Waals surface area contributed by atoms with Crippen LogP contribution in [-0.4, -0.2) is 19.7 Å². The van der Waals surface area contributed by atoms with Crippen LogP contribution in [0, 0.1) is 0 Å². The Balaban J connectivity index is 1.77. The van der Waals surface area contributed by atoms with E-state index in [-0.39, 0.29) is 5.75 Å². The lowest BCUT2D eigenvalue weighted by Crippen LogP contribution is -1.97. The quantitative estimate of drug-likeness (QED) is 0.548. The van der Waals surface area contributed by atoms with Gasteiger partial charge in [0.25, 0.3) is 0 Å². The second kappa shape index (κ2) is 6.99. The fraction of sp³-hybridized carbons (Fsp3) is 0.0526. The van der Waals surface area contributed by atoms with Crippen LogP contribution in [0.1, 0.15) is 5.56 Å². The third-order valence-corrected chi connectivity index (χ3v) is 5.40. The minimum atomic E-state index is 0.113. The standard InChI is InChI=1S/C19H15ClN4OS/c20-16-9-13(25)5-7-15(16)19-23-22-18-8-6-14(11-24(18)19)26-17-4-2-1-3-12(17)10-21/h1-9,11,25H,10,21H2. The largest absolute Gasteiger partial charge is 0.508 e. The minimum Gasteiger partial charge on any atom is -0.508 e. The summed E-state index contributed by atoms with van der Waals surface area (Å²) in [6, 6.07) is 16.8. The first-order valence-electron chi connectivity index (χ1n) is 7.95. The Morgan fingerprint density at radius 2 is 1.92 bits per heavy atom. The molecule has 2 aromatic carbocycles. The normalized spacial score (nSPS) is 11.2. The van der Waals surface area contributed by atoms with Gasteiger partial charge in [-0.1, -0.05) is 41.6 Å². The zero-order chi connectivity index (χ0) is 18.1. The summed E-state index contributed by atoms with van der Waals surface area (Å²) in [7, 11) is 0. The van der Waals surface area contributed by atoms with Gasteiger partial charge < -0.3 is 10.8 Å². The number of fused-ring (bicyclic) bond motifs is 1. The maximum absolute atomic E-state index is 9.57. The number of rotatable bonds is 4. The van der Waals surface area contributed by atoms with Gasteiger partial charge in [0, 0.05) is 28.1 Å². The molecule has 0 radical (unpaired) electrons. The minimum absolute atomic E-state index is 0.113. The summed E-state index contributed by atoms with van der Waals surface area (Å²) in [5.41, 5.74) is 8.37. The highest BCUT2D eigenvalue weighted by atomic mass is 35.5. The van der Waals surface area contributed by atoms with E-state index < -0.39 is 0 Å². The van der Waals surface area contributed by atoms with Crippen molar-refractivity contribution in [2.24, 2.45) is 5.73 Å². The first kappa shape index (κ1) is 16.9. The molecule has 0 aliphatic heterocycles. The van der Waals surface area contributed by atoms with E-state index in [1.54, 1.807) is 23.9 Å². The van der Waals surface area contributed by atoms with Crippen molar-refractivity contribution in [1.82, 2.24) is 14.6 Å². The Morgan fingerprint density at radius 3 is 2.73 bits per heavy atom. The molecule has 0 amide bonds. The number of aromatic nitrogens is 3. The van der Waals surface area contributed by atoms with Gasteiger partial charge in [-0.2, -0.15) is 0 Å². The van der Waals surface area contributed by atoms with E-state index in [4.69, 9.17) is 17.3 Å². The van der Waals surface area contributed by atoms with Crippen LogP contribution in [0.4, 0.5) is 0 Å². The molecule has 0 saturated heterocycles. The molecule has 0 spiro atoms. The monoisotopic (exact) mass is 382 g/mol.